The Morgan fingerprint density at radius 1 is 1.28 bits per heavy atom. The Labute approximate surface area is 110 Å². The van der Waals surface area contributed by atoms with Crippen molar-refractivity contribution in [2.45, 2.75) is 0 Å². The Morgan fingerprint density at radius 3 is 2.44 bits per heavy atom. The second-order valence-electron chi connectivity index (χ2n) is 4.07. The van der Waals surface area contributed by atoms with Crippen molar-refractivity contribution in [2.75, 3.05) is 27.7 Å². The van der Waals surface area contributed by atoms with Crippen LogP contribution in [0.4, 0.5) is 4.39 Å². The largest absolute Gasteiger partial charge is 0.347 e. The summed E-state index contributed by atoms with van der Waals surface area (Å²) < 4.78 is 13.5. The lowest BCUT2D eigenvalue weighted by atomic mass is 10.2. The molecular formula is C12H14ClFN2O2. The van der Waals surface area contributed by atoms with E-state index in [4.69, 9.17) is 11.6 Å². The number of nitrogens with zero attached hydrogens (tertiary/aromatic N) is 2. The van der Waals surface area contributed by atoms with E-state index in [2.05, 4.69) is 0 Å². The Hall–Kier alpha value is -1.62. The predicted octanol–water partition coefficient (Wildman–Crippen LogP) is 1.64. The summed E-state index contributed by atoms with van der Waals surface area (Å²) in [5.74, 6) is -1.48. The lowest BCUT2D eigenvalue weighted by Gasteiger charge is -2.19. The highest BCUT2D eigenvalue weighted by Crippen LogP contribution is 2.16. The monoisotopic (exact) mass is 272 g/mol. The zero-order valence-corrected chi connectivity index (χ0v) is 11.2. The fourth-order valence-corrected chi connectivity index (χ4v) is 1.46. The van der Waals surface area contributed by atoms with E-state index >= 15 is 0 Å². The smallest absolute Gasteiger partial charge is 0.257 e. The first kappa shape index (κ1) is 14.4. The van der Waals surface area contributed by atoms with E-state index < -0.39 is 11.7 Å². The third-order valence-corrected chi connectivity index (χ3v) is 2.61. The molecule has 98 valence electrons. The van der Waals surface area contributed by atoms with Crippen LogP contribution in [-0.2, 0) is 4.79 Å². The molecule has 1 rings (SSSR count). The molecule has 0 N–H and O–H groups in total. The number of benzene rings is 1. The van der Waals surface area contributed by atoms with Gasteiger partial charge in [0.15, 0.2) is 0 Å². The highest BCUT2D eigenvalue weighted by molar-refractivity contribution is 6.31. The molecule has 0 saturated heterocycles. The molecule has 2 amide bonds. The molecule has 0 aliphatic heterocycles. The van der Waals surface area contributed by atoms with Gasteiger partial charge in [0.2, 0.25) is 5.91 Å². The van der Waals surface area contributed by atoms with Crippen LogP contribution in [0.25, 0.3) is 0 Å². The molecule has 4 nitrogen and oxygen atoms in total. The minimum Gasteiger partial charge on any atom is -0.347 e. The molecule has 0 fully saturated rings. The van der Waals surface area contributed by atoms with Gasteiger partial charge in [-0.3, -0.25) is 9.59 Å². The van der Waals surface area contributed by atoms with Crippen LogP contribution in [0.2, 0.25) is 5.02 Å². The molecule has 1 aromatic rings. The van der Waals surface area contributed by atoms with Crippen molar-refractivity contribution >= 4 is 23.4 Å². The molecule has 0 saturated carbocycles. The molecule has 18 heavy (non-hydrogen) atoms. The molecule has 0 bridgehead atoms. The van der Waals surface area contributed by atoms with Crippen LogP contribution in [0.1, 0.15) is 10.4 Å². The maximum absolute atomic E-state index is 13.5. The molecule has 0 aliphatic carbocycles. The standard InChI is InChI=1S/C12H14ClFN2O2/c1-15(2)11(17)7-16(3)12(18)9-6-8(13)4-5-10(9)14/h4-6H,7H2,1-3H3. The van der Waals surface area contributed by atoms with E-state index in [9.17, 15) is 14.0 Å². The number of hydrogen-bond acceptors (Lipinski definition) is 2. The summed E-state index contributed by atoms with van der Waals surface area (Å²) >= 11 is 5.71. The molecule has 0 aliphatic rings. The van der Waals surface area contributed by atoms with Gasteiger partial charge >= 0.3 is 0 Å². The Morgan fingerprint density at radius 2 is 1.89 bits per heavy atom. The highest BCUT2D eigenvalue weighted by Gasteiger charge is 2.19. The zero-order valence-electron chi connectivity index (χ0n) is 10.4. The Balaban J connectivity index is 2.87. The van der Waals surface area contributed by atoms with Crippen molar-refractivity contribution in [3.63, 3.8) is 0 Å². The van der Waals surface area contributed by atoms with Crippen LogP contribution in [0.3, 0.4) is 0 Å². The third-order valence-electron chi connectivity index (χ3n) is 2.38. The molecule has 0 atom stereocenters. The van der Waals surface area contributed by atoms with Gasteiger partial charge in [0.1, 0.15) is 5.82 Å². The lowest BCUT2D eigenvalue weighted by molar-refractivity contribution is -0.129. The van der Waals surface area contributed by atoms with E-state index in [0.29, 0.717) is 0 Å². The van der Waals surface area contributed by atoms with Crippen molar-refractivity contribution in [3.05, 3.63) is 34.6 Å². The number of likely N-dealkylation sites (N-methyl/N-ethyl adjacent to an activating group) is 2. The quantitative estimate of drug-likeness (QED) is 0.839. The maximum atomic E-state index is 13.5. The zero-order chi connectivity index (χ0) is 13.9. The van der Waals surface area contributed by atoms with E-state index in [-0.39, 0.29) is 23.0 Å². The third kappa shape index (κ3) is 3.43. The number of halogens is 2. The van der Waals surface area contributed by atoms with Gasteiger partial charge in [-0.2, -0.15) is 0 Å². The van der Waals surface area contributed by atoms with Crippen molar-refractivity contribution in [1.29, 1.82) is 0 Å². The second-order valence-corrected chi connectivity index (χ2v) is 4.51. The van der Waals surface area contributed by atoms with Gasteiger partial charge in [0, 0.05) is 26.2 Å². The minimum atomic E-state index is -0.659. The number of amides is 2. The summed E-state index contributed by atoms with van der Waals surface area (Å²) in [6.45, 7) is -0.113. The van der Waals surface area contributed by atoms with Gasteiger partial charge in [0.25, 0.3) is 5.91 Å². The second kappa shape index (κ2) is 5.82. The van der Waals surface area contributed by atoms with Crippen LogP contribution in [0.5, 0.6) is 0 Å². The molecular weight excluding hydrogens is 259 g/mol. The van der Waals surface area contributed by atoms with Crippen LogP contribution in [0.15, 0.2) is 18.2 Å². The Bertz CT molecular complexity index is 477. The summed E-state index contributed by atoms with van der Waals surface area (Å²) in [6, 6.07) is 3.73. The number of hydrogen-bond donors (Lipinski definition) is 0. The first-order valence-electron chi connectivity index (χ1n) is 5.23. The van der Waals surface area contributed by atoms with Crippen LogP contribution >= 0.6 is 11.6 Å². The molecule has 6 heteroatoms. The predicted molar refractivity (Wildman–Crippen MR) is 67.1 cm³/mol. The summed E-state index contributed by atoms with van der Waals surface area (Å²) in [4.78, 5) is 25.9. The van der Waals surface area contributed by atoms with Crippen molar-refractivity contribution in [3.8, 4) is 0 Å². The summed E-state index contributed by atoms with van der Waals surface area (Å²) in [5.41, 5.74) is -0.142. The fourth-order valence-electron chi connectivity index (χ4n) is 1.28. The van der Waals surface area contributed by atoms with Gasteiger partial charge < -0.3 is 9.80 Å². The Kier molecular flexibility index (Phi) is 4.67. The van der Waals surface area contributed by atoms with E-state index in [1.165, 1.54) is 24.1 Å². The van der Waals surface area contributed by atoms with Crippen molar-refractivity contribution in [1.82, 2.24) is 9.80 Å². The molecule has 0 radical (unpaired) electrons. The van der Waals surface area contributed by atoms with Crippen LogP contribution < -0.4 is 0 Å². The number of carbonyl (C=O) groups excluding carboxylic acids is 2. The van der Waals surface area contributed by atoms with Crippen molar-refractivity contribution < 1.29 is 14.0 Å². The van der Waals surface area contributed by atoms with Gasteiger partial charge in [0.05, 0.1) is 12.1 Å². The first-order valence-corrected chi connectivity index (χ1v) is 5.61. The average molecular weight is 273 g/mol. The summed E-state index contributed by atoms with van der Waals surface area (Å²) in [6.07, 6.45) is 0. The van der Waals surface area contributed by atoms with E-state index in [0.717, 1.165) is 11.0 Å². The highest BCUT2D eigenvalue weighted by atomic mass is 35.5. The van der Waals surface area contributed by atoms with Gasteiger partial charge in [-0.05, 0) is 18.2 Å². The molecule has 1 aromatic carbocycles. The first-order chi connectivity index (χ1) is 8.32. The lowest BCUT2D eigenvalue weighted by Crippen LogP contribution is -2.38. The van der Waals surface area contributed by atoms with E-state index in [1.807, 2.05) is 0 Å². The molecule has 0 unspecified atom stereocenters. The fraction of sp³-hybridized carbons (Fsp3) is 0.333. The van der Waals surface area contributed by atoms with Crippen molar-refractivity contribution in [2.24, 2.45) is 0 Å². The topological polar surface area (TPSA) is 40.6 Å². The number of rotatable bonds is 3. The number of carbonyl (C=O) groups is 2. The summed E-state index contributed by atoms with van der Waals surface area (Å²) in [7, 11) is 4.60. The maximum Gasteiger partial charge on any atom is 0.257 e. The van der Waals surface area contributed by atoms with Crippen LogP contribution in [-0.4, -0.2) is 49.3 Å². The van der Waals surface area contributed by atoms with Gasteiger partial charge in [-0.15, -0.1) is 0 Å². The summed E-state index contributed by atoms with van der Waals surface area (Å²) in [5, 5.41) is 0.270. The molecule has 0 spiro atoms. The van der Waals surface area contributed by atoms with Gasteiger partial charge in [-0.1, -0.05) is 11.6 Å². The van der Waals surface area contributed by atoms with E-state index in [1.54, 1.807) is 14.1 Å². The van der Waals surface area contributed by atoms with Crippen LogP contribution in [0, 0.1) is 5.82 Å². The van der Waals surface area contributed by atoms with Gasteiger partial charge in [-0.25, -0.2) is 4.39 Å². The normalized spacial score (nSPS) is 10.1. The molecule has 0 aromatic heterocycles. The average Bonchev–Trinajstić information content (AvgIpc) is 2.31. The SMILES string of the molecule is CN(C)C(=O)CN(C)C(=O)c1cc(Cl)ccc1F. The minimum absolute atomic E-state index is 0.113. The molecule has 0 heterocycles.